The van der Waals surface area contributed by atoms with Crippen molar-refractivity contribution in [2.75, 3.05) is 0 Å². The van der Waals surface area contributed by atoms with E-state index >= 15 is 0 Å². The molecule has 20 heavy (non-hydrogen) atoms. The summed E-state index contributed by atoms with van der Waals surface area (Å²) in [6, 6.07) is 15.4. The highest BCUT2D eigenvalue weighted by molar-refractivity contribution is 6.21. The van der Waals surface area contributed by atoms with Crippen LogP contribution in [0.1, 0.15) is 26.3 Å². The summed E-state index contributed by atoms with van der Waals surface area (Å²) in [5, 5.41) is 0. The van der Waals surface area contributed by atoms with Crippen LogP contribution in [0, 0.1) is 0 Å². The number of benzene rings is 2. The van der Waals surface area contributed by atoms with Crippen LogP contribution in [-0.4, -0.2) is 23.0 Å². The summed E-state index contributed by atoms with van der Waals surface area (Å²) < 4.78 is 14.3. The summed E-state index contributed by atoms with van der Waals surface area (Å²) in [6.07, 6.45) is -1.64. The molecule has 100 valence electrons. The molecule has 0 N–H and O–H groups in total. The molecule has 0 radical (unpaired) electrons. The van der Waals surface area contributed by atoms with Crippen LogP contribution in [0.5, 0.6) is 0 Å². The lowest BCUT2D eigenvalue weighted by molar-refractivity contribution is 0.0419. The van der Waals surface area contributed by atoms with Gasteiger partial charge in [0.15, 0.2) is 6.30 Å². The minimum Gasteiger partial charge on any atom is -0.268 e. The molecule has 3 nitrogen and oxygen atoms in total. The third-order valence-electron chi connectivity index (χ3n) is 3.35. The Morgan fingerprint density at radius 2 is 1.35 bits per heavy atom. The molecule has 1 aliphatic rings. The molecule has 2 aromatic rings. The van der Waals surface area contributed by atoms with Crippen molar-refractivity contribution in [1.82, 2.24) is 4.90 Å². The van der Waals surface area contributed by atoms with Gasteiger partial charge in [0.1, 0.15) is 0 Å². The average Bonchev–Trinajstić information content (AvgIpc) is 2.72. The highest BCUT2D eigenvalue weighted by Gasteiger charge is 2.39. The SMILES string of the molecule is O=C1c2ccccc2C(=O)N1C(F)Cc1ccccc1. The van der Waals surface area contributed by atoms with Crippen molar-refractivity contribution in [3.8, 4) is 0 Å². The van der Waals surface area contributed by atoms with Gasteiger partial charge in [0.2, 0.25) is 0 Å². The van der Waals surface area contributed by atoms with Crippen LogP contribution < -0.4 is 0 Å². The Kier molecular flexibility index (Phi) is 3.06. The third-order valence-corrected chi connectivity index (χ3v) is 3.35. The second-order valence-electron chi connectivity index (χ2n) is 4.65. The van der Waals surface area contributed by atoms with Gasteiger partial charge >= 0.3 is 0 Å². The maximum absolute atomic E-state index is 14.3. The molecule has 4 heteroatoms. The molecule has 0 fully saturated rings. The van der Waals surface area contributed by atoms with E-state index < -0.39 is 18.1 Å². The molecule has 1 unspecified atom stereocenters. The van der Waals surface area contributed by atoms with Gasteiger partial charge in [-0.15, -0.1) is 0 Å². The molecule has 0 aliphatic carbocycles. The maximum atomic E-state index is 14.3. The van der Waals surface area contributed by atoms with E-state index in [0.717, 1.165) is 5.56 Å². The molecular formula is C16H12FNO2. The topological polar surface area (TPSA) is 37.4 Å². The molecule has 2 aromatic carbocycles. The molecule has 3 rings (SSSR count). The van der Waals surface area contributed by atoms with Crippen molar-refractivity contribution in [1.29, 1.82) is 0 Å². The Labute approximate surface area is 115 Å². The lowest BCUT2D eigenvalue weighted by Gasteiger charge is -2.19. The molecule has 0 saturated carbocycles. The van der Waals surface area contributed by atoms with E-state index in [1.807, 2.05) is 6.07 Å². The number of imide groups is 1. The van der Waals surface area contributed by atoms with E-state index in [2.05, 4.69) is 0 Å². The quantitative estimate of drug-likeness (QED) is 0.634. The van der Waals surface area contributed by atoms with Crippen LogP contribution in [0.4, 0.5) is 4.39 Å². The highest BCUT2D eigenvalue weighted by Crippen LogP contribution is 2.26. The molecule has 0 aromatic heterocycles. The molecule has 0 spiro atoms. The summed E-state index contributed by atoms with van der Waals surface area (Å²) in [6.45, 7) is 0. The van der Waals surface area contributed by atoms with Crippen LogP contribution >= 0.6 is 0 Å². The van der Waals surface area contributed by atoms with Crippen LogP contribution in [0.15, 0.2) is 54.6 Å². The van der Waals surface area contributed by atoms with E-state index in [9.17, 15) is 14.0 Å². The number of alkyl halides is 1. The first kappa shape index (κ1) is 12.5. The molecule has 1 heterocycles. The van der Waals surface area contributed by atoms with Gasteiger partial charge in [0.25, 0.3) is 11.8 Å². The number of halogens is 1. The minimum absolute atomic E-state index is 0.00626. The lowest BCUT2D eigenvalue weighted by Crippen LogP contribution is -2.38. The summed E-state index contributed by atoms with van der Waals surface area (Å²) in [4.78, 5) is 24.9. The van der Waals surface area contributed by atoms with Gasteiger partial charge in [-0.1, -0.05) is 42.5 Å². The Hall–Kier alpha value is -2.49. The lowest BCUT2D eigenvalue weighted by atomic mass is 10.1. The molecule has 0 saturated heterocycles. The van der Waals surface area contributed by atoms with Gasteiger partial charge in [-0.25, -0.2) is 9.29 Å². The first-order valence-corrected chi connectivity index (χ1v) is 6.33. The number of carbonyl (C=O) groups is 2. The molecule has 1 aliphatic heterocycles. The fourth-order valence-electron chi connectivity index (χ4n) is 2.36. The zero-order chi connectivity index (χ0) is 14.1. The predicted octanol–water partition coefficient (Wildman–Crippen LogP) is 2.82. The predicted molar refractivity (Wildman–Crippen MR) is 72.0 cm³/mol. The summed E-state index contributed by atoms with van der Waals surface area (Å²) >= 11 is 0. The van der Waals surface area contributed by atoms with E-state index in [1.165, 1.54) is 0 Å². The van der Waals surface area contributed by atoms with Crippen LogP contribution in [0.25, 0.3) is 0 Å². The number of rotatable bonds is 3. The normalized spacial score (nSPS) is 15.3. The van der Waals surface area contributed by atoms with E-state index in [0.29, 0.717) is 4.90 Å². The van der Waals surface area contributed by atoms with E-state index in [1.54, 1.807) is 48.5 Å². The summed E-state index contributed by atoms with van der Waals surface area (Å²) in [7, 11) is 0. The number of amides is 2. The number of hydrogen-bond donors (Lipinski definition) is 0. The Bertz CT molecular complexity index is 634. The Balaban J connectivity index is 1.85. The Morgan fingerprint density at radius 1 is 0.850 bits per heavy atom. The van der Waals surface area contributed by atoms with Gasteiger partial charge < -0.3 is 0 Å². The van der Waals surface area contributed by atoms with Gasteiger partial charge in [0.05, 0.1) is 11.1 Å². The first-order chi connectivity index (χ1) is 9.68. The van der Waals surface area contributed by atoms with Gasteiger partial charge in [-0.2, -0.15) is 0 Å². The second kappa shape index (κ2) is 4.89. The van der Waals surface area contributed by atoms with Gasteiger partial charge in [-0.3, -0.25) is 9.59 Å². The Morgan fingerprint density at radius 3 is 1.90 bits per heavy atom. The highest BCUT2D eigenvalue weighted by atomic mass is 19.1. The summed E-state index contributed by atoms with van der Waals surface area (Å²) in [5.74, 6) is -1.12. The van der Waals surface area contributed by atoms with Crippen molar-refractivity contribution in [3.63, 3.8) is 0 Å². The van der Waals surface area contributed by atoms with Crippen LogP contribution in [0.3, 0.4) is 0 Å². The maximum Gasteiger partial charge on any atom is 0.263 e. The molecular weight excluding hydrogens is 257 g/mol. The number of nitrogens with zero attached hydrogens (tertiary/aromatic N) is 1. The second-order valence-corrected chi connectivity index (χ2v) is 4.65. The molecule has 2 amide bonds. The fraction of sp³-hybridized carbons (Fsp3) is 0.125. The number of fused-ring (bicyclic) bond motifs is 1. The average molecular weight is 269 g/mol. The van der Waals surface area contributed by atoms with Crippen molar-refractivity contribution in [2.45, 2.75) is 12.7 Å². The van der Waals surface area contributed by atoms with Crippen molar-refractivity contribution in [2.24, 2.45) is 0 Å². The number of carbonyl (C=O) groups excluding carboxylic acids is 2. The molecule has 0 bridgehead atoms. The molecule has 1 atom stereocenters. The fourth-order valence-corrected chi connectivity index (χ4v) is 2.36. The zero-order valence-corrected chi connectivity index (χ0v) is 10.6. The standard InChI is InChI=1S/C16H12FNO2/c17-14(10-11-6-2-1-3-7-11)18-15(19)12-8-4-5-9-13(12)16(18)20/h1-9,14H,10H2. The smallest absolute Gasteiger partial charge is 0.263 e. The zero-order valence-electron chi connectivity index (χ0n) is 10.6. The van der Waals surface area contributed by atoms with E-state index in [-0.39, 0.29) is 17.5 Å². The summed E-state index contributed by atoms with van der Waals surface area (Å²) in [5.41, 5.74) is 1.29. The van der Waals surface area contributed by atoms with Crippen LogP contribution in [-0.2, 0) is 6.42 Å². The van der Waals surface area contributed by atoms with Crippen LogP contribution in [0.2, 0.25) is 0 Å². The minimum atomic E-state index is -1.65. The van der Waals surface area contributed by atoms with E-state index in [4.69, 9.17) is 0 Å². The first-order valence-electron chi connectivity index (χ1n) is 6.33. The van der Waals surface area contributed by atoms with Gasteiger partial charge in [-0.05, 0) is 17.7 Å². The van der Waals surface area contributed by atoms with Crippen molar-refractivity contribution < 1.29 is 14.0 Å². The third kappa shape index (κ3) is 1.99. The van der Waals surface area contributed by atoms with Crippen molar-refractivity contribution in [3.05, 3.63) is 71.3 Å². The van der Waals surface area contributed by atoms with Crippen molar-refractivity contribution >= 4 is 11.8 Å². The van der Waals surface area contributed by atoms with Gasteiger partial charge in [0, 0.05) is 6.42 Å². The largest absolute Gasteiger partial charge is 0.268 e. The monoisotopic (exact) mass is 269 g/mol. The number of hydrogen-bond acceptors (Lipinski definition) is 2.